The van der Waals surface area contributed by atoms with E-state index in [0.717, 1.165) is 32.5 Å². The van der Waals surface area contributed by atoms with Crippen LogP contribution in [0.4, 0.5) is 4.79 Å². The molecule has 1 saturated heterocycles. The Hall–Kier alpha value is -1.55. The van der Waals surface area contributed by atoms with Crippen molar-refractivity contribution in [2.75, 3.05) is 20.1 Å². The molecule has 4 nitrogen and oxygen atoms in total. The molecule has 4 heteroatoms. The zero-order chi connectivity index (χ0) is 16.0. The van der Waals surface area contributed by atoms with Gasteiger partial charge in [0.15, 0.2) is 0 Å². The van der Waals surface area contributed by atoms with Crippen LogP contribution in [0.5, 0.6) is 0 Å². The minimum atomic E-state index is -0.428. The maximum Gasteiger partial charge on any atom is 0.410 e. The van der Waals surface area contributed by atoms with Gasteiger partial charge in [0.1, 0.15) is 5.60 Å². The van der Waals surface area contributed by atoms with Crippen LogP contribution in [0.2, 0.25) is 0 Å². The highest BCUT2D eigenvalue weighted by molar-refractivity contribution is 5.68. The number of benzene rings is 1. The van der Waals surface area contributed by atoms with Crippen LogP contribution >= 0.6 is 0 Å². The zero-order valence-corrected chi connectivity index (χ0v) is 14.1. The monoisotopic (exact) mass is 302 g/mol. The molecule has 2 aliphatic rings. The van der Waals surface area contributed by atoms with E-state index in [1.165, 1.54) is 11.1 Å². The number of hydrogen-bond donors (Lipinski definition) is 0. The van der Waals surface area contributed by atoms with Crippen LogP contribution in [0, 0.1) is 0 Å². The summed E-state index contributed by atoms with van der Waals surface area (Å²) in [5.74, 6) is 0. The van der Waals surface area contributed by atoms with E-state index in [0.29, 0.717) is 0 Å². The predicted octanol–water partition coefficient (Wildman–Crippen LogP) is 3.36. The first-order chi connectivity index (χ1) is 10.3. The summed E-state index contributed by atoms with van der Waals surface area (Å²) in [6, 6.07) is 8.71. The molecule has 3 rings (SSSR count). The molecule has 0 radical (unpaired) electrons. The third-order valence-electron chi connectivity index (χ3n) is 4.90. The first-order valence-electron chi connectivity index (χ1n) is 8.09. The molecule has 1 aromatic carbocycles. The van der Waals surface area contributed by atoms with Gasteiger partial charge in [0, 0.05) is 25.2 Å². The summed E-state index contributed by atoms with van der Waals surface area (Å²) >= 11 is 0. The Morgan fingerprint density at radius 3 is 2.45 bits per heavy atom. The smallest absolute Gasteiger partial charge is 0.410 e. The van der Waals surface area contributed by atoms with Crippen molar-refractivity contribution in [2.24, 2.45) is 0 Å². The van der Waals surface area contributed by atoms with E-state index in [9.17, 15) is 4.79 Å². The Labute approximate surface area is 133 Å². The standard InChI is InChI=1S/C18H26N2O2/c1-17(2,3)22-16(21)20-11-9-18(10-12-20)15-8-6-5-7-14(15)13-19(18)4/h5-8H,9-13H2,1-4H3. The lowest BCUT2D eigenvalue weighted by Gasteiger charge is -2.44. The summed E-state index contributed by atoms with van der Waals surface area (Å²) in [6.45, 7) is 8.26. The molecule has 120 valence electrons. The Balaban J connectivity index is 1.73. The zero-order valence-electron chi connectivity index (χ0n) is 14.1. The molecule has 1 amide bonds. The van der Waals surface area contributed by atoms with Gasteiger partial charge in [-0.25, -0.2) is 4.79 Å². The molecule has 1 aromatic rings. The van der Waals surface area contributed by atoms with Crippen LogP contribution in [-0.2, 0) is 16.8 Å². The molecule has 2 heterocycles. The fraction of sp³-hybridized carbons (Fsp3) is 0.611. The van der Waals surface area contributed by atoms with Crippen molar-refractivity contribution in [3.63, 3.8) is 0 Å². The summed E-state index contributed by atoms with van der Waals surface area (Å²) in [7, 11) is 2.20. The molecule has 0 unspecified atom stereocenters. The molecule has 1 spiro atoms. The van der Waals surface area contributed by atoms with Crippen molar-refractivity contribution in [1.29, 1.82) is 0 Å². The Morgan fingerprint density at radius 2 is 1.82 bits per heavy atom. The molecule has 0 aliphatic carbocycles. The van der Waals surface area contributed by atoms with E-state index in [4.69, 9.17) is 4.74 Å². The van der Waals surface area contributed by atoms with Gasteiger partial charge >= 0.3 is 6.09 Å². The van der Waals surface area contributed by atoms with Gasteiger partial charge in [-0.3, -0.25) is 4.90 Å². The van der Waals surface area contributed by atoms with Gasteiger partial charge in [-0.2, -0.15) is 0 Å². The van der Waals surface area contributed by atoms with Crippen LogP contribution in [0.25, 0.3) is 0 Å². The number of amides is 1. The highest BCUT2D eigenvalue weighted by atomic mass is 16.6. The van der Waals surface area contributed by atoms with Crippen molar-refractivity contribution in [2.45, 2.75) is 51.3 Å². The molecule has 0 aromatic heterocycles. The molecule has 22 heavy (non-hydrogen) atoms. The minimum Gasteiger partial charge on any atom is -0.444 e. The summed E-state index contributed by atoms with van der Waals surface area (Å²) < 4.78 is 5.50. The molecular weight excluding hydrogens is 276 g/mol. The van der Waals surface area contributed by atoms with Crippen molar-refractivity contribution in [3.05, 3.63) is 35.4 Å². The Morgan fingerprint density at radius 1 is 1.18 bits per heavy atom. The van der Waals surface area contributed by atoms with Crippen LogP contribution in [0.1, 0.15) is 44.7 Å². The molecule has 0 bridgehead atoms. The molecule has 1 fully saturated rings. The quantitative estimate of drug-likeness (QED) is 0.737. The number of ether oxygens (including phenoxy) is 1. The van der Waals surface area contributed by atoms with E-state index < -0.39 is 5.60 Å². The van der Waals surface area contributed by atoms with Gasteiger partial charge in [-0.15, -0.1) is 0 Å². The number of piperidine rings is 1. The van der Waals surface area contributed by atoms with Crippen molar-refractivity contribution < 1.29 is 9.53 Å². The maximum atomic E-state index is 12.2. The highest BCUT2D eigenvalue weighted by Crippen LogP contribution is 2.45. The second-order valence-electron chi connectivity index (χ2n) is 7.51. The van der Waals surface area contributed by atoms with Crippen molar-refractivity contribution >= 4 is 6.09 Å². The first-order valence-corrected chi connectivity index (χ1v) is 8.09. The van der Waals surface area contributed by atoms with E-state index >= 15 is 0 Å². The molecule has 0 atom stereocenters. The number of carbonyl (C=O) groups excluding carboxylic acids is 1. The van der Waals surface area contributed by atoms with Crippen LogP contribution < -0.4 is 0 Å². The number of rotatable bonds is 0. The van der Waals surface area contributed by atoms with Crippen molar-refractivity contribution in [3.8, 4) is 0 Å². The number of carbonyl (C=O) groups is 1. The third kappa shape index (κ3) is 2.60. The first kappa shape index (κ1) is 15.3. The lowest BCUT2D eigenvalue weighted by Crippen LogP contribution is -2.51. The van der Waals surface area contributed by atoms with E-state index in [-0.39, 0.29) is 11.6 Å². The normalized spacial score (nSPS) is 21.0. The number of nitrogens with zero attached hydrogens (tertiary/aromatic N) is 2. The van der Waals surface area contributed by atoms with Crippen LogP contribution in [-0.4, -0.2) is 41.6 Å². The van der Waals surface area contributed by atoms with Gasteiger partial charge in [0.05, 0.1) is 0 Å². The number of likely N-dealkylation sites (tertiary alicyclic amines) is 1. The second kappa shape index (κ2) is 5.27. The summed E-state index contributed by atoms with van der Waals surface area (Å²) in [6.07, 6.45) is 1.76. The van der Waals surface area contributed by atoms with Crippen LogP contribution in [0.3, 0.4) is 0 Å². The molecule has 2 aliphatic heterocycles. The lowest BCUT2D eigenvalue weighted by molar-refractivity contribution is 0.000979. The van der Waals surface area contributed by atoms with Gasteiger partial charge < -0.3 is 9.64 Å². The largest absolute Gasteiger partial charge is 0.444 e. The number of fused-ring (bicyclic) bond motifs is 2. The fourth-order valence-electron chi connectivity index (χ4n) is 3.76. The fourth-order valence-corrected chi connectivity index (χ4v) is 3.76. The summed E-state index contributed by atoms with van der Waals surface area (Å²) in [5, 5.41) is 0. The average Bonchev–Trinajstić information content (AvgIpc) is 2.71. The second-order valence-corrected chi connectivity index (χ2v) is 7.51. The number of hydrogen-bond acceptors (Lipinski definition) is 3. The van der Waals surface area contributed by atoms with E-state index in [1.807, 2.05) is 25.7 Å². The maximum absolute atomic E-state index is 12.2. The molecule has 0 saturated carbocycles. The summed E-state index contributed by atoms with van der Waals surface area (Å²) in [4.78, 5) is 16.5. The Kier molecular flexibility index (Phi) is 3.68. The van der Waals surface area contributed by atoms with Crippen LogP contribution in [0.15, 0.2) is 24.3 Å². The van der Waals surface area contributed by atoms with E-state index in [1.54, 1.807) is 0 Å². The summed E-state index contributed by atoms with van der Waals surface area (Å²) in [5.41, 5.74) is 2.54. The van der Waals surface area contributed by atoms with Gasteiger partial charge in [0.25, 0.3) is 0 Å². The molecule has 0 N–H and O–H groups in total. The van der Waals surface area contributed by atoms with Gasteiger partial charge in [-0.1, -0.05) is 24.3 Å². The SMILES string of the molecule is CN1Cc2ccccc2C12CCN(C(=O)OC(C)(C)C)CC2. The van der Waals surface area contributed by atoms with Crippen molar-refractivity contribution in [1.82, 2.24) is 9.80 Å². The van der Waals surface area contributed by atoms with E-state index in [2.05, 4.69) is 36.2 Å². The Bertz CT molecular complexity index is 569. The predicted molar refractivity (Wildman–Crippen MR) is 86.6 cm³/mol. The highest BCUT2D eigenvalue weighted by Gasteiger charge is 2.45. The lowest BCUT2D eigenvalue weighted by atomic mass is 9.81. The minimum absolute atomic E-state index is 0.0924. The topological polar surface area (TPSA) is 32.8 Å². The third-order valence-corrected chi connectivity index (χ3v) is 4.90. The van der Waals surface area contributed by atoms with Gasteiger partial charge in [-0.05, 0) is 51.8 Å². The van der Waals surface area contributed by atoms with Gasteiger partial charge in [0.2, 0.25) is 0 Å². The molecular formula is C18H26N2O2. The average molecular weight is 302 g/mol.